The highest BCUT2D eigenvalue weighted by Crippen LogP contribution is 2.29. The van der Waals surface area contributed by atoms with E-state index in [1.54, 1.807) is 0 Å². The Morgan fingerprint density at radius 2 is 1.96 bits per heavy atom. The molecule has 2 aromatic rings. The van der Waals surface area contributed by atoms with Crippen molar-refractivity contribution in [1.82, 2.24) is 9.88 Å². The fourth-order valence-corrected chi connectivity index (χ4v) is 2.54. The number of halogens is 4. The lowest BCUT2D eigenvalue weighted by atomic mass is 10.1. The van der Waals surface area contributed by atoms with Crippen LogP contribution in [0.25, 0.3) is 0 Å². The number of amides is 1. The van der Waals surface area contributed by atoms with Crippen LogP contribution in [-0.2, 0) is 23.9 Å². The maximum Gasteiger partial charge on any atom is 0.417 e. The molecule has 0 unspecified atom stereocenters. The maximum absolute atomic E-state index is 12.8. The third-order valence-electron chi connectivity index (χ3n) is 3.66. The molecule has 1 amide bonds. The summed E-state index contributed by atoms with van der Waals surface area (Å²) in [6, 6.07) is 8.21. The van der Waals surface area contributed by atoms with Gasteiger partial charge >= 0.3 is 6.18 Å². The van der Waals surface area contributed by atoms with Gasteiger partial charge in [-0.2, -0.15) is 13.2 Å². The molecule has 0 atom stereocenters. The lowest BCUT2D eigenvalue weighted by molar-refractivity contribution is -0.138. The standard InChI is InChI=1S/C17H16ClF3N2O2/c1-11-4-2-3-5-12(11)6-7-22-15(24)10-23-9-13(17(19,20)21)8-14(18)16(23)25/h2-5,8-9H,6-7,10H2,1H3,(H,22,24). The number of alkyl halides is 3. The van der Waals surface area contributed by atoms with Crippen molar-refractivity contribution in [2.24, 2.45) is 0 Å². The number of rotatable bonds is 5. The molecule has 1 aromatic heterocycles. The highest BCUT2D eigenvalue weighted by molar-refractivity contribution is 6.30. The minimum Gasteiger partial charge on any atom is -0.354 e. The molecule has 1 aromatic carbocycles. The van der Waals surface area contributed by atoms with Crippen LogP contribution in [0.3, 0.4) is 0 Å². The number of nitrogens with one attached hydrogen (secondary N) is 1. The van der Waals surface area contributed by atoms with Gasteiger partial charge in [0, 0.05) is 12.7 Å². The molecular formula is C17H16ClF3N2O2. The largest absolute Gasteiger partial charge is 0.417 e. The molecule has 0 saturated carbocycles. The molecule has 2 rings (SSSR count). The smallest absolute Gasteiger partial charge is 0.354 e. The van der Waals surface area contributed by atoms with Crippen LogP contribution < -0.4 is 10.9 Å². The van der Waals surface area contributed by atoms with Crippen molar-refractivity contribution in [1.29, 1.82) is 0 Å². The first-order chi connectivity index (χ1) is 11.7. The van der Waals surface area contributed by atoms with Crippen LogP contribution >= 0.6 is 11.6 Å². The Labute approximate surface area is 147 Å². The highest BCUT2D eigenvalue weighted by Gasteiger charge is 2.32. The van der Waals surface area contributed by atoms with Gasteiger partial charge in [-0.25, -0.2) is 0 Å². The van der Waals surface area contributed by atoms with Crippen molar-refractivity contribution < 1.29 is 18.0 Å². The van der Waals surface area contributed by atoms with Gasteiger partial charge in [0.2, 0.25) is 5.91 Å². The van der Waals surface area contributed by atoms with Crippen LogP contribution in [0.5, 0.6) is 0 Å². The SMILES string of the molecule is Cc1ccccc1CCNC(=O)Cn1cc(C(F)(F)F)cc(Cl)c1=O. The topological polar surface area (TPSA) is 51.1 Å². The van der Waals surface area contributed by atoms with E-state index in [0.717, 1.165) is 11.1 Å². The van der Waals surface area contributed by atoms with Crippen LogP contribution in [-0.4, -0.2) is 17.0 Å². The summed E-state index contributed by atoms with van der Waals surface area (Å²) in [5.74, 6) is -0.564. The Morgan fingerprint density at radius 1 is 1.28 bits per heavy atom. The molecule has 1 heterocycles. The molecule has 134 valence electrons. The van der Waals surface area contributed by atoms with Gasteiger partial charge in [-0.3, -0.25) is 9.59 Å². The average Bonchev–Trinajstić information content (AvgIpc) is 2.52. The summed E-state index contributed by atoms with van der Waals surface area (Å²) in [4.78, 5) is 23.7. The first kappa shape index (κ1) is 19.1. The predicted octanol–water partition coefficient (Wildman–Crippen LogP) is 3.19. The van der Waals surface area contributed by atoms with Crippen LogP contribution in [0.4, 0.5) is 13.2 Å². The number of hydrogen-bond donors (Lipinski definition) is 1. The summed E-state index contributed by atoms with van der Waals surface area (Å²) < 4.78 is 39.0. The summed E-state index contributed by atoms with van der Waals surface area (Å²) >= 11 is 5.55. The normalized spacial score (nSPS) is 11.4. The van der Waals surface area contributed by atoms with Gasteiger partial charge in [0.15, 0.2) is 0 Å². The van der Waals surface area contributed by atoms with Crippen LogP contribution in [0.1, 0.15) is 16.7 Å². The minimum absolute atomic E-state index is 0.311. The average molecular weight is 373 g/mol. The number of carbonyl (C=O) groups excluding carboxylic acids is 1. The van der Waals surface area contributed by atoms with E-state index < -0.39 is 34.8 Å². The van der Waals surface area contributed by atoms with E-state index in [2.05, 4.69) is 5.32 Å². The lowest BCUT2D eigenvalue weighted by Crippen LogP contribution is -2.34. The second-order valence-corrected chi connectivity index (χ2v) is 5.94. The van der Waals surface area contributed by atoms with Gasteiger partial charge in [-0.15, -0.1) is 0 Å². The van der Waals surface area contributed by atoms with Crippen LogP contribution in [0, 0.1) is 6.92 Å². The van der Waals surface area contributed by atoms with Crippen LogP contribution in [0.15, 0.2) is 41.3 Å². The van der Waals surface area contributed by atoms with Crippen LogP contribution in [0.2, 0.25) is 5.02 Å². The van der Waals surface area contributed by atoms with Gasteiger partial charge in [0.1, 0.15) is 11.6 Å². The van der Waals surface area contributed by atoms with Crippen molar-refractivity contribution in [3.8, 4) is 0 Å². The molecule has 8 heteroatoms. The molecule has 0 fully saturated rings. The third-order valence-corrected chi connectivity index (χ3v) is 3.93. The third kappa shape index (κ3) is 5.09. The van der Waals surface area contributed by atoms with Crippen molar-refractivity contribution in [3.05, 3.63) is 68.6 Å². The first-order valence-electron chi connectivity index (χ1n) is 7.47. The molecule has 0 aliphatic heterocycles. The molecular weight excluding hydrogens is 357 g/mol. The Balaban J connectivity index is 2.02. The summed E-state index contributed by atoms with van der Waals surface area (Å²) in [6.45, 7) is 1.72. The summed E-state index contributed by atoms with van der Waals surface area (Å²) in [5, 5.41) is 2.01. The van der Waals surface area contributed by atoms with Gasteiger partial charge in [-0.1, -0.05) is 35.9 Å². The van der Waals surface area contributed by atoms with Gasteiger partial charge < -0.3 is 9.88 Å². The molecule has 0 aliphatic carbocycles. The second kappa shape index (κ2) is 7.74. The highest BCUT2D eigenvalue weighted by atomic mass is 35.5. The van der Waals surface area contributed by atoms with Gasteiger partial charge in [0.05, 0.1) is 5.56 Å². The van der Waals surface area contributed by atoms with Crippen molar-refractivity contribution in [2.75, 3.05) is 6.54 Å². The van der Waals surface area contributed by atoms with E-state index in [-0.39, 0.29) is 0 Å². The molecule has 4 nitrogen and oxygen atoms in total. The predicted molar refractivity (Wildman–Crippen MR) is 88.6 cm³/mol. The van der Waals surface area contributed by atoms with E-state index in [9.17, 15) is 22.8 Å². The monoisotopic (exact) mass is 372 g/mol. The number of carbonyl (C=O) groups is 1. The number of nitrogens with zero attached hydrogens (tertiary/aromatic N) is 1. The molecule has 0 saturated heterocycles. The zero-order chi connectivity index (χ0) is 18.6. The quantitative estimate of drug-likeness (QED) is 0.876. The second-order valence-electron chi connectivity index (χ2n) is 5.53. The molecule has 25 heavy (non-hydrogen) atoms. The molecule has 0 bridgehead atoms. The molecule has 0 aliphatic rings. The first-order valence-corrected chi connectivity index (χ1v) is 7.84. The number of aryl methyl sites for hydroxylation is 1. The minimum atomic E-state index is -4.65. The number of aromatic nitrogens is 1. The fourth-order valence-electron chi connectivity index (χ4n) is 2.31. The van der Waals surface area contributed by atoms with Crippen molar-refractivity contribution >= 4 is 17.5 Å². The Bertz CT molecular complexity index is 831. The van der Waals surface area contributed by atoms with E-state index >= 15 is 0 Å². The number of pyridine rings is 1. The molecule has 1 N–H and O–H groups in total. The van der Waals surface area contributed by atoms with Gasteiger partial charge in [-0.05, 0) is 30.5 Å². The Morgan fingerprint density at radius 3 is 2.60 bits per heavy atom. The van der Waals surface area contributed by atoms with E-state index in [4.69, 9.17) is 11.6 Å². The Kier molecular flexibility index (Phi) is 5.89. The van der Waals surface area contributed by atoms with Crippen molar-refractivity contribution in [2.45, 2.75) is 26.1 Å². The van der Waals surface area contributed by atoms with E-state index in [1.165, 1.54) is 0 Å². The maximum atomic E-state index is 12.8. The Hall–Kier alpha value is -2.28. The summed E-state index contributed by atoms with van der Waals surface area (Å²) in [7, 11) is 0. The number of benzene rings is 1. The fraction of sp³-hybridized carbons (Fsp3) is 0.294. The van der Waals surface area contributed by atoms with E-state index in [0.29, 0.717) is 29.8 Å². The number of hydrogen-bond acceptors (Lipinski definition) is 2. The molecule has 0 radical (unpaired) electrons. The zero-order valence-corrected chi connectivity index (χ0v) is 14.1. The van der Waals surface area contributed by atoms with E-state index in [1.807, 2.05) is 31.2 Å². The van der Waals surface area contributed by atoms with Crippen molar-refractivity contribution in [3.63, 3.8) is 0 Å². The zero-order valence-electron chi connectivity index (χ0n) is 13.4. The molecule has 0 spiro atoms. The summed E-state index contributed by atoms with van der Waals surface area (Å²) in [5.41, 5.74) is 0.216. The van der Waals surface area contributed by atoms with Gasteiger partial charge in [0.25, 0.3) is 5.56 Å². The lowest BCUT2D eigenvalue weighted by Gasteiger charge is -2.12. The summed E-state index contributed by atoms with van der Waals surface area (Å²) in [6.07, 6.45) is -3.48.